The number of likely N-dealkylation sites (tertiary alicyclic amines) is 1. The highest BCUT2D eigenvalue weighted by Crippen LogP contribution is 2.28. The fraction of sp³-hybridized carbons (Fsp3) is 0.412. The molecular weight excluding hydrogens is 300 g/mol. The Labute approximate surface area is 134 Å². The smallest absolute Gasteiger partial charge is 0.273 e. The number of aliphatic hydroxyl groups excluding tert-OH is 1. The lowest BCUT2D eigenvalue weighted by Crippen LogP contribution is -2.40. The summed E-state index contributed by atoms with van der Waals surface area (Å²) in [4.78, 5) is 19.2. The monoisotopic (exact) mass is 318 g/mol. The number of aryl methyl sites for hydroxylation is 1. The molecule has 0 unspecified atom stereocenters. The summed E-state index contributed by atoms with van der Waals surface area (Å²) in [5, 5.41) is 11.8. The second-order valence-electron chi connectivity index (χ2n) is 5.68. The number of hydrogen-bond donors (Lipinski definition) is 1. The Morgan fingerprint density at radius 3 is 2.82 bits per heavy atom. The van der Waals surface area contributed by atoms with Crippen molar-refractivity contribution in [2.45, 2.75) is 32.3 Å². The molecule has 1 saturated heterocycles. The summed E-state index contributed by atoms with van der Waals surface area (Å²) in [6.45, 7) is 3.14. The Kier molecular flexibility index (Phi) is 4.32. The van der Waals surface area contributed by atoms with E-state index in [1.807, 2.05) is 25.1 Å². The van der Waals surface area contributed by atoms with E-state index in [4.69, 9.17) is 11.6 Å². The number of amides is 1. The maximum atomic E-state index is 12.9. The van der Waals surface area contributed by atoms with Crippen molar-refractivity contribution >= 4 is 28.3 Å². The van der Waals surface area contributed by atoms with E-state index >= 15 is 0 Å². The summed E-state index contributed by atoms with van der Waals surface area (Å²) in [5.41, 5.74) is 1.31. The lowest BCUT2D eigenvalue weighted by molar-refractivity contribution is 0.0543. The largest absolute Gasteiger partial charge is 0.393 e. The molecular formula is C17H19ClN2O2. The summed E-state index contributed by atoms with van der Waals surface area (Å²) in [6, 6.07) is 7.61. The van der Waals surface area contributed by atoms with Crippen LogP contribution in [0.5, 0.6) is 0 Å². The minimum Gasteiger partial charge on any atom is -0.393 e. The molecule has 0 atom stereocenters. The lowest BCUT2D eigenvalue weighted by atomic mass is 10.0. The number of carbonyl (C=O) groups is 1. The zero-order chi connectivity index (χ0) is 15.7. The molecule has 1 aromatic carbocycles. The first-order chi connectivity index (χ1) is 10.6. The number of halogens is 1. The highest BCUT2D eigenvalue weighted by molar-refractivity contribution is 6.36. The molecule has 1 fully saturated rings. The minimum atomic E-state index is -0.306. The van der Waals surface area contributed by atoms with E-state index in [-0.39, 0.29) is 12.0 Å². The quantitative estimate of drug-likeness (QED) is 0.926. The number of nitrogens with zero attached hydrogens (tertiary/aromatic N) is 2. The van der Waals surface area contributed by atoms with Crippen molar-refractivity contribution in [3.63, 3.8) is 0 Å². The molecule has 3 rings (SSSR count). The molecule has 1 aliphatic rings. The minimum absolute atomic E-state index is 0.0969. The first kappa shape index (κ1) is 15.3. The molecule has 0 radical (unpaired) electrons. The van der Waals surface area contributed by atoms with Crippen LogP contribution in [0.2, 0.25) is 5.02 Å². The Morgan fingerprint density at radius 2 is 2.14 bits per heavy atom. The molecule has 1 aliphatic heterocycles. The Morgan fingerprint density at radius 1 is 1.41 bits per heavy atom. The van der Waals surface area contributed by atoms with E-state index in [1.165, 1.54) is 0 Å². The van der Waals surface area contributed by atoms with Gasteiger partial charge < -0.3 is 10.0 Å². The van der Waals surface area contributed by atoms with Crippen LogP contribution in [-0.4, -0.2) is 40.1 Å². The van der Waals surface area contributed by atoms with Crippen LogP contribution in [0.25, 0.3) is 10.8 Å². The van der Waals surface area contributed by atoms with Crippen LogP contribution in [0.3, 0.4) is 0 Å². The predicted octanol–water partition coefficient (Wildman–Crippen LogP) is 3.05. The van der Waals surface area contributed by atoms with Crippen LogP contribution in [0.1, 0.15) is 35.9 Å². The highest BCUT2D eigenvalue weighted by Gasteiger charge is 2.25. The van der Waals surface area contributed by atoms with Crippen molar-refractivity contribution in [1.29, 1.82) is 0 Å². The molecule has 116 valence electrons. The Hall–Kier alpha value is -1.65. The van der Waals surface area contributed by atoms with Crippen LogP contribution < -0.4 is 0 Å². The average molecular weight is 319 g/mol. The van der Waals surface area contributed by atoms with E-state index in [0.717, 1.165) is 22.9 Å². The molecule has 5 heteroatoms. The van der Waals surface area contributed by atoms with Crippen molar-refractivity contribution in [3.8, 4) is 0 Å². The topological polar surface area (TPSA) is 53.4 Å². The molecule has 0 saturated carbocycles. The SMILES string of the molecule is CCc1cc2cccc(Cl)c2c(C(=O)N2CCC(O)CC2)n1. The van der Waals surface area contributed by atoms with E-state index in [1.54, 1.807) is 11.0 Å². The molecule has 0 aliphatic carbocycles. The Balaban J connectivity index is 2.06. The standard InChI is InChI=1S/C17H19ClN2O2/c1-2-12-10-11-4-3-5-14(18)15(11)16(19-12)17(22)20-8-6-13(21)7-9-20/h3-5,10,13,21H,2,6-9H2,1H3. The number of piperidine rings is 1. The first-order valence-corrected chi connectivity index (χ1v) is 8.03. The number of aliphatic hydroxyl groups is 1. The average Bonchev–Trinajstić information content (AvgIpc) is 2.54. The molecule has 0 spiro atoms. The normalized spacial score (nSPS) is 16.2. The molecule has 0 bridgehead atoms. The van der Waals surface area contributed by atoms with Crippen LogP contribution in [0.4, 0.5) is 0 Å². The predicted molar refractivity (Wildman–Crippen MR) is 87.3 cm³/mol. The van der Waals surface area contributed by atoms with E-state index < -0.39 is 0 Å². The summed E-state index contributed by atoms with van der Waals surface area (Å²) < 4.78 is 0. The number of benzene rings is 1. The van der Waals surface area contributed by atoms with Gasteiger partial charge in [-0.3, -0.25) is 4.79 Å². The van der Waals surface area contributed by atoms with Gasteiger partial charge in [-0.1, -0.05) is 30.7 Å². The number of carbonyl (C=O) groups excluding carboxylic acids is 1. The zero-order valence-corrected chi connectivity index (χ0v) is 13.3. The summed E-state index contributed by atoms with van der Waals surface area (Å²) in [6.07, 6.45) is 1.69. The molecule has 1 N–H and O–H groups in total. The fourth-order valence-electron chi connectivity index (χ4n) is 2.88. The van der Waals surface area contributed by atoms with Gasteiger partial charge in [0.1, 0.15) is 5.69 Å². The Bertz CT molecular complexity index is 709. The van der Waals surface area contributed by atoms with Crippen LogP contribution in [0.15, 0.2) is 24.3 Å². The van der Waals surface area contributed by atoms with E-state index in [9.17, 15) is 9.90 Å². The first-order valence-electron chi connectivity index (χ1n) is 7.65. The van der Waals surface area contributed by atoms with E-state index in [0.29, 0.717) is 36.6 Å². The number of rotatable bonds is 2. The number of pyridine rings is 1. The van der Waals surface area contributed by atoms with Gasteiger partial charge in [0.2, 0.25) is 0 Å². The van der Waals surface area contributed by atoms with Gasteiger partial charge in [-0.15, -0.1) is 0 Å². The molecule has 4 nitrogen and oxygen atoms in total. The fourth-order valence-corrected chi connectivity index (χ4v) is 3.15. The zero-order valence-electron chi connectivity index (χ0n) is 12.6. The van der Waals surface area contributed by atoms with Crippen molar-refractivity contribution in [2.75, 3.05) is 13.1 Å². The van der Waals surface area contributed by atoms with Gasteiger partial charge in [0, 0.05) is 24.2 Å². The number of hydrogen-bond acceptors (Lipinski definition) is 3. The van der Waals surface area contributed by atoms with Gasteiger partial charge >= 0.3 is 0 Å². The van der Waals surface area contributed by atoms with Gasteiger partial charge in [-0.25, -0.2) is 4.98 Å². The van der Waals surface area contributed by atoms with Crippen molar-refractivity contribution in [3.05, 3.63) is 40.7 Å². The molecule has 2 aromatic rings. The molecule has 22 heavy (non-hydrogen) atoms. The van der Waals surface area contributed by atoms with Crippen LogP contribution in [0, 0.1) is 0 Å². The molecule has 1 aromatic heterocycles. The highest BCUT2D eigenvalue weighted by atomic mass is 35.5. The molecule has 2 heterocycles. The third-order valence-corrected chi connectivity index (χ3v) is 4.49. The van der Waals surface area contributed by atoms with Crippen molar-refractivity contribution in [1.82, 2.24) is 9.88 Å². The van der Waals surface area contributed by atoms with Crippen LogP contribution in [-0.2, 0) is 6.42 Å². The van der Waals surface area contributed by atoms with Gasteiger partial charge in [0.05, 0.1) is 11.1 Å². The second-order valence-corrected chi connectivity index (χ2v) is 6.08. The van der Waals surface area contributed by atoms with Crippen LogP contribution >= 0.6 is 11.6 Å². The number of fused-ring (bicyclic) bond motifs is 1. The summed E-state index contributed by atoms with van der Waals surface area (Å²) in [7, 11) is 0. The van der Waals surface area contributed by atoms with Crippen molar-refractivity contribution < 1.29 is 9.90 Å². The third kappa shape index (κ3) is 2.81. The second kappa shape index (κ2) is 6.23. The molecule has 1 amide bonds. The van der Waals surface area contributed by atoms with Gasteiger partial charge in [-0.2, -0.15) is 0 Å². The van der Waals surface area contributed by atoms with E-state index in [2.05, 4.69) is 4.98 Å². The van der Waals surface area contributed by atoms with Gasteiger partial charge in [0.25, 0.3) is 5.91 Å². The van der Waals surface area contributed by atoms with Crippen molar-refractivity contribution in [2.24, 2.45) is 0 Å². The summed E-state index contributed by atoms with van der Waals surface area (Å²) >= 11 is 6.31. The lowest BCUT2D eigenvalue weighted by Gasteiger charge is -2.29. The van der Waals surface area contributed by atoms with Gasteiger partial charge in [0.15, 0.2) is 0 Å². The third-order valence-electron chi connectivity index (χ3n) is 4.18. The maximum absolute atomic E-state index is 12.9. The summed E-state index contributed by atoms with van der Waals surface area (Å²) in [5.74, 6) is -0.0969. The number of aromatic nitrogens is 1. The maximum Gasteiger partial charge on any atom is 0.273 e. The van der Waals surface area contributed by atoms with Gasteiger partial charge in [-0.05, 0) is 36.8 Å².